The van der Waals surface area contributed by atoms with E-state index in [-0.39, 0.29) is 0 Å². The standard InChI is InChI=1S/C12H16O2S/c1-14-7-3-4-10-5-6-12(15-2)11(8-10)9-13/h5-6,8-9H,3-4,7H2,1-2H3. The third-order valence-electron chi connectivity index (χ3n) is 2.23. The maximum Gasteiger partial charge on any atom is 0.151 e. The van der Waals surface area contributed by atoms with Crippen LogP contribution < -0.4 is 0 Å². The second kappa shape index (κ2) is 6.64. The quantitative estimate of drug-likeness (QED) is 0.422. The normalized spacial score (nSPS) is 10.3. The summed E-state index contributed by atoms with van der Waals surface area (Å²) in [6.07, 6.45) is 4.86. The summed E-state index contributed by atoms with van der Waals surface area (Å²) in [6, 6.07) is 6.06. The zero-order valence-electron chi connectivity index (χ0n) is 9.16. The maximum absolute atomic E-state index is 10.8. The van der Waals surface area contributed by atoms with Crippen LogP contribution >= 0.6 is 11.8 Å². The fourth-order valence-corrected chi connectivity index (χ4v) is 2.00. The molecule has 0 aliphatic carbocycles. The molecule has 0 atom stereocenters. The number of hydrogen-bond donors (Lipinski definition) is 0. The predicted octanol–water partition coefficient (Wildman–Crippen LogP) is 2.80. The van der Waals surface area contributed by atoms with E-state index in [4.69, 9.17) is 4.74 Å². The van der Waals surface area contributed by atoms with Gasteiger partial charge < -0.3 is 4.74 Å². The van der Waals surface area contributed by atoms with E-state index in [1.807, 2.05) is 18.4 Å². The molecule has 0 aliphatic heterocycles. The molecule has 2 nitrogen and oxygen atoms in total. The molecule has 15 heavy (non-hydrogen) atoms. The molecule has 0 N–H and O–H groups in total. The maximum atomic E-state index is 10.8. The lowest BCUT2D eigenvalue weighted by Crippen LogP contribution is -1.94. The van der Waals surface area contributed by atoms with Crippen molar-refractivity contribution in [2.24, 2.45) is 0 Å². The summed E-state index contributed by atoms with van der Waals surface area (Å²) in [5, 5.41) is 0. The zero-order valence-corrected chi connectivity index (χ0v) is 9.97. The van der Waals surface area contributed by atoms with E-state index >= 15 is 0 Å². The molecule has 0 bridgehead atoms. The Morgan fingerprint density at radius 2 is 2.27 bits per heavy atom. The van der Waals surface area contributed by atoms with Crippen LogP contribution in [0.25, 0.3) is 0 Å². The van der Waals surface area contributed by atoms with Crippen molar-refractivity contribution in [1.82, 2.24) is 0 Å². The molecule has 0 spiro atoms. The zero-order chi connectivity index (χ0) is 11.1. The minimum atomic E-state index is 0.765. The van der Waals surface area contributed by atoms with Crippen molar-refractivity contribution in [3.8, 4) is 0 Å². The molecule has 0 aromatic heterocycles. The largest absolute Gasteiger partial charge is 0.385 e. The van der Waals surface area contributed by atoms with Crippen LogP contribution in [0.4, 0.5) is 0 Å². The molecule has 0 saturated carbocycles. The Balaban J connectivity index is 2.70. The van der Waals surface area contributed by atoms with Gasteiger partial charge in [0.25, 0.3) is 0 Å². The van der Waals surface area contributed by atoms with Crippen LogP contribution in [0.15, 0.2) is 23.1 Å². The average Bonchev–Trinajstić information content (AvgIpc) is 2.29. The van der Waals surface area contributed by atoms with Gasteiger partial charge >= 0.3 is 0 Å². The van der Waals surface area contributed by atoms with Crippen molar-refractivity contribution in [3.63, 3.8) is 0 Å². The first-order chi connectivity index (χ1) is 7.31. The predicted molar refractivity (Wildman–Crippen MR) is 63.8 cm³/mol. The van der Waals surface area contributed by atoms with Gasteiger partial charge in [-0.25, -0.2) is 0 Å². The molecule has 3 heteroatoms. The van der Waals surface area contributed by atoms with Crippen LogP contribution in [-0.4, -0.2) is 26.3 Å². The molecule has 0 aliphatic rings. The van der Waals surface area contributed by atoms with Gasteiger partial charge in [-0.2, -0.15) is 0 Å². The average molecular weight is 224 g/mol. The van der Waals surface area contributed by atoms with Crippen LogP contribution in [0.5, 0.6) is 0 Å². The molecular weight excluding hydrogens is 208 g/mol. The molecule has 1 aromatic rings. The Hall–Kier alpha value is -0.800. The summed E-state index contributed by atoms with van der Waals surface area (Å²) in [5.41, 5.74) is 1.99. The minimum Gasteiger partial charge on any atom is -0.385 e. The summed E-state index contributed by atoms with van der Waals surface area (Å²) < 4.78 is 4.99. The van der Waals surface area contributed by atoms with Gasteiger partial charge in [-0.15, -0.1) is 11.8 Å². The number of methoxy groups -OCH3 is 1. The number of carbonyl (C=O) groups excluding carboxylic acids is 1. The summed E-state index contributed by atoms with van der Waals surface area (Å²) in [7, 11) is 1.70. The van der Waals surface area contributed by atoms with Gasteiger partial charge in [0, 0.05) is 24.2 Å². The number of thioether (sulfide) groups is 1. The summed E-state index contributed by atoms with van der Waals surface area (Å²) in [5.74, 6) is 0. The first kappa shape index (κ1) is 12.3. The lowest BCUT2D eigenvalue weighted by Gasteiger charge is -2.05. The third-order valence-corrected chi connectivity index (χ3v) is 3.05. The number of aldehydes is 1. The van der Waals surface area contributed by atoms with Crippen LogP contribution in [0.2, 0.25) is 0 Å². The van der Waals surface area contributed by atoms with Crippen molar-refractivity contribution >= 4 is 18.0 Å². The Kier molecular flexibility index (Phi) is 5.43. The van der Waals surface area contributed by atoms with Crippen LogP contribution in [0.1, 0.15) is 22.3 Å². The van der Waals surface area contributed by atoms with Crippen LogP contribution in [0.3, 0.4) is 0 Å². The number of hydrogen-bond acceptors (Lipinski definition) is 3. The molecular formula is C12H16O2S. The van der Waals surface area contributed by atoms with Crippen molar-refractivity contribution < 1.29 is 9.53 Å². The van der Waals surface area contributed by atoms with Crippen LogP contribution in [0, 0.1) is 0 Å². The lowest BCUT2D eigenvalue weighted by molar-refractivity contribution is 0.112. The summed E-state index contributed by atoms with van der Waals surface area (Å²) in [4.78, 5) is 11.9. The van der Waals surface area contributed by atoms with Gasteiger partial charge in [0.15, 0.2) is 6.29 Å². The van der Waals surface area contributed by atoms with Crippen molar-refractivity contribution in [3.05, 3.63) is 29.3 Å². The second-order valence-electron chi connectivity index (χ2n) is 3.29. The van der Waals surface area contributed by atoms with Crippen molar-refractivity contribution in [2.75, 3.05) is 20.0 Å². The highest BCUT2D eigenvalue weighted by molar-refractivity contribution is 7.98. The molecule has 0 unspecified atom stereocenters. The molecule has 0 amide bonds. The van der Waals surface area contributed by atoms with E-state index in [9.17, 15) is 4.79 Å². The fourth-order valence-electron chi connectivity index (χ4n) is 1.45. The molecule has 1 aromatic carbocycles. The van der Waals surface area contributed by atoms with Gasteiger partial charge in [0.05, 0.1) is 0 Å². The van der Waals surface area contributed by atoms with Crippen molar-refractivity contribution in [1.29, 1.82) is 0 Å². The SMILES string of the molecule is COCCCc1ccc(SC)c(C=O)c1. The monoisotopic (exact) mass is 224 g/mol. The van der Waals surface area contributed by atoms with E-state index in [1.165, 1.54) is 5.56 Å². The molecule has 0 radical (unpaired) electrons. The Morgan fingerprint density at radius 3 is 2.87 bits per heavy atom. The number of carbonyl (C=O) groups is 1. The third kappa shape index (κ3) is 3.68. The highest BCUT2D eigenvalue weighted by atomic mass is 32.2. The topological polar surface area (TPSA) is 26.3 Å². The number of aryl methyl sites for hydroxylation is 1. The van der Waals surface area contributed by atoms with Gasteiger partial charge in [-0.3, -0.25) is 4.79 Å². The number of benzene rings is 1. The van der Waals surface area contributed by atoms with E-state index < -0.39 is 0 Å². The van der Waals surface area contributed by atoms with Gasteiger partial charge in [0.2, 0.25) is 0 Å². The van der Waals surface area contributed by atoms with E-state index in [2.05, 4.69) is 6.07 Å². The van der Waals surface area contributed by atoms with Gasteiger partial charge in [0.1, 0.15) is 0 Å². The van der Waals surface area contributed by atoms with Gasteiger partial charge in [-0.1, -0.05) is 6.07 Å². The molecule has 0 saturated heterocycles. The number of ether oxygens (including phenoxy) is 1. The highest BCUT2D eigenvalue weighted by Crippen LogP contribution is 2.20. The first-order valence-electron chi connectivity index (χ1n) is 4.93. The fraction of sp³-hybridized carbons (Fsp3) is 0.417. The first-order valence-corrected chi connectivity index (χ1v) is 6.15. The molecule has 1 rings (SSSR count). The van der Waals surface area contributed by atoms with Crippen LogP contribution in [-0.2, 0) is 11.2 Å². The highest BCUT2D eigenvalue weighted by Gasteiger charge is 2.02. The Labute approximate surface area is 95.0 Å². The lowest BCUT2D eigenvalue weighted by atomic mass is 10.1. The molecule has 0 fully saturated rings. The second-order valence-corrected chi connectivity index (χ2v) is 4.14. The van der Waals surface area contributed by atoms with E-state index in [0.29, 0.717) is 0 Å². The van der Waals surface area contributed by atoms with Gasteiger partial charge in [-0.05, 0) is 36.8 Å². The van der Waals surface area contributed by atoms with E-state index in [0.717, 1.165) is 36.2 Å². The smallest absolute Gasteiger partial charge is 0.151 e. The van der Waals surface area contributed by atoms with Crippen molar-refractivity contribution in [2.45, 2.75) is 17.7 Å². The molecule has 0 heterocycles. The summed E-state index contributed by atoms with van der Waals surface area (Å²) >= 11 is 1.60. The summed E-state index contributed by atoms with van der Waals surface area (Å²) in [6.45, 7) is 0.765. The Morgan fingerprint density at radius 1 is 1.47 bits per heavy atom. The minimum absolute atomic E-state index is 0.765. The number of rotatable bonds is 6. The van der Waals surface area contributed by atoms with E-state index in [1.54, 1.807) is 18.9 Å². The Bertz CT molecular complexity index is 323. The molecule has 82 valence electrons.